The fourth-order valence-corrected chi connectivity index (χ4v) is 0.642. The van der Waals surface area contributed by atoms with Gasteiger partial charge in [0.25, 0.3) is 0 Å². The number of halogens is 4. The van der Waals surface area contributed by atoms with Crippen molar-refractivity contribution in [1.29, 1.82) is 0 Å². The summed E-state index contributed by atoms with van der Waals surface area (Å²) in [5.74, 6) is 0.401. The first-order valence-electron chi connectivity index (χ1n) is 3.00. The lowest BCUT2D eigenvalue weighted by Crippen LogP contribution is -2.06. The molecule has 0 spiro atoms. The molecule has 0 aromatic carbocycles. The van der Waals surface area contributed by atoms with Gasteiger partial charge in [-0.3, -0.25) is 0 Å². The molecule has 0 aromatic rings. The lowest BCUT2D eigenvalue weighted by atomic mass is 10.2. The Hall–Kier alpha value is 0.0800. The predicted octanol–water partition coefficient (Wildman–Crippen LogP) is 3.16. The molecule has 0 bridgehead atoms. The van der Waals surface area contributed by atoms with E-state index in [1.54, 1.807) is 6.42 Å². The van der Waals surface area contributed by atoms with E-state index in [4.69, 9.17) is 11.6 Å². The van der Waals surface area contributed by atoms with Crippen LogP contribution in [0.5, 0.6) is 0 Å². The van der Waals surface area contributed by atoms with Gasteiger partial charge < -0.3 is 0 Å². The zero-order valence-corrected chi connectivity index (χ0v) is 6.17. The molecular formula is C6H9ClF3. The van der Waals surface area contributed by atoms with Crippen LogP contribution in [0.15, 0.2) is 0 Å². The third-order valence-electron chi connectivity index (χ3n) is 0.945. The smallest absolute Gasteiger partial charge is 0.171 e. The van der Waals surface area contributed by atoms with Gasteiger partial charge >= 0.3 is 6.18 Å². The van der Waals surface area contributed by atoms with Crippen LogP contribution < -0.4 is 0 Å². The molecule has 0 unspecified atom stereocenters. The summed E-state index contributed by atoms with van der Waals surface area (Å²) in [5, 5.41) is 0. The van der Waals surface area contributed by atoms with Crippen LogP contribution in [0.1, 0.15) is 19.3 Å². The summed E-state index contributed by atoms with van der Waals surface area (Å²) in [6.07, 6.45) is -2.57. The largest absolute Gasteiger partial charge is 0.389 e. The maximum Gasteiger partial charge on any atom is 0.389 e. The Balaban J connectivity index is 3.04. The Morgan fingerprint density at radius 1 is 1.20 bits per heavy atom. The minimum absolute atomic E-state index is 0.0796. The molecule has 0 aliphatic heterocycles. The molecule has 10 heavy (non-hydrogen) atoms. The highest BCUT2D eigenvalue weighted by atomic mass is 35.5. The molecule has 0 N–H and O–H groups in total. The van der Waals surface area contributed by atoms with E-state index in [-0.39, 0.29) is 6.42 Å². The second kappa shape index (κ2) is 4.83. The Morgan fingerprint density at radius 3 is 2.20 bits per heavy atom. The molecule has 0 rings (SSSR count). The molecule has 0 atom stereocenters. The Labute approximate surface area is 63.4 Å². The normalized spacial score (nSPS) is 12.0. The van der Waals surface area contributed by atoms with Gasteiger partial charge in [0.15, 0.2) is 0 Å². The summed E-state index contributed by atoms with van der Waals surface area (Å²) in [6, 6.07) is 0. The van der Waals surface area contributed by atoms with Crippen molar-refractivity contribution in [2.75, 3.05) is 5.88 Å². The number of rotatable bonds is 4. The van der Waals surface area contributed by atoms with Gasteiger partial charge in [-0.15, -0.1) is 11.6 Å². The fraction of sp³-hybridized carbons (Fsp3) is 0.833. The van der Waals surface area contributed by atoms with Crippen molar-refractivity contribution in [3.8, 4) is 0 Å². The summed E-state index contributed by atoms with van der Waals surface area (Å²) in [4.78, 5) is 0. The van der Waals surface area contributed by atoms with Crippen LogP contribution in [0.4, 0.5) is 13.2 Å². The van der Waals surface area contributed by atoms with Gasteiger partial charge in [-0.25, -0.2) is 0 Å². The molecular weight excluding hydrogens is 165 g/mol. The molecule has 4 heteroatoms. The quantitative estimate of drug-likeness (QED) is 0.453. The molecule has 0 aliphatic carbocycles. The first-order valence-corrected chi connectivity index (χ1v) is 3.54. The van der Waals surface area contributed by atoms with Crippen LogP contribution in [-0.4, -0.2) is 12.1 Å². The van der Waals surface area contributed by atoms with E-state index in [0.29, 0.717) is 12.3 Å². The second-order valence-corrected chi connectivity index (χ2v) is 2.30. The third-order valence-corrected chi connectivity index (χ3v) is 1.16. The van der Waals surface area contributed by atoms with Crippen molar-refractivity contribution in [2.24, 2.45) is 0 Å². The number of hydrogen-bond donors (Lipinski definition) is 0. The van der Waals surface area contributed by atoms with Crippen molar-refractivity contribution in [3.63, 3.8) is 0 Å². The number of alkyl halides is 4. The van der Waals surface area contributed by atoms with Crippen molar-refractivity contribution in [3.05, 3.63) is 6.42 Å². The van der Waals surface area contributed by atoms with E-state index in [1.807, 2.05) is 0 Å². The monoisotopic (exact) mass is 173 g/mol. The van der Waals surface area contributed by atoms with Gasteiger partial charge in [0, 0.05) is 12.3 Å². The van der Waals surface area contributed by atoms with Gasteiger partial charge in [0.2, 0.25) is 0 Å². The highest BCUT2D eigenvalue weighted by Crippen LogP contribution is 2.22. The summed E-state index contributed by atoms with van der Waals surface area (Å²) in [5.41, 5.74) is 0. The highest BCUT2D eigenvalue weighted by Gasteiger charge is 2.25. The van der Waals surface area contributed by atoms with Gasteiger partial charge in [-0.1, -0.05) is 0 Å². The average molecular weight is 174 g/mol. The Kier molecular flexibility index (Phi) is 4.87. The molecule has 0 nitrogen and oxygen atoms in total. The van der Waals surface area contributed by atoms with Crippen molar-refractivity contribution in [1.82, 2.24) is 0 Å². The molecule has 1 radical (unpaired) electrons. The van der Waals surface area contributed by atoms with E-state index >= 15 is 0 Å². The summed E-state index contributed by atoms with van der Waals surface area (Å²) >= 11 is 5.24. The first-order chi connectivity index (χ1) is 4.56. The van der Waals surface area contributed by atoms with Crippen LogP contribution in [0.3, 0.4) is 0 Å². The number of unbranched alkanes of at least 4 members (excludes halogenated alkanes) is 2. The SMILES string of the molecule is FC(F)(F)CC[CH]CCCl. The summed E-state index contributed by atoms with van der Waals surface area (Å²) in [6.45, 7) is 0. The number of hydrogen-bond acceptors (Lipinski definition) is 0. The average Bonchev–Trinajstić information content (AvgIpc) is 1.78. The molecule has 0 aliphatic rings. The minimum Gasteiger partial charge on any atom is -0.171 e. The maximum absolute atomic E-state index is 11.4. The van der Waals surface area contributed by atoms with Crippen molar-refractivity contribution < 1.29 is 13.2 Å². The Morgan fingerprint density at radius 2 is 1.80 bits per heavy atom. The molecule has 61 valence electrons. The van der Waals surface area contributed by atoms with Gasteiger partial charge in [-0.05, 0) is 19.3 Å². The van der Waals surface area contributed by atoms with E-state index in [2.05, 4.69) is 0 Å². The molecule has 0 fully saturated rings. The molecule has 0 saturated heterocycles. The molecule has 0 amide bonds. The van der Waals surface area contributed by atoms with Crippen molar-refractivity contribution in [2.45, 2.75) is 25.4 Å². The maximum atomic E-state index is 11.4. The Bertz CT molecular complexity index is 79.6. The van der Waals surface area contributed by atoms with E-state index < -0.39 is 12.6 Å². The lowest BCUT2D eigenvalue weighted by Gasteiger charge is -2.03. The second-order valence-electron chi connectivity index (χ2n) is 1.92. The predicted molar refractivity (Wildman–Crippen MR) is 34.9 cm³/mol. The lowest BCUT2D eigenvalue weighted by molar-refractivity contribution is -0.134. The van der Waals surface area contributed by atoms with Crippen molar-refractivity contribution >= 4 is 11.6 Å². The van der Waals surface area contributed by atoms with E-state index in [9.17, 15) is 13.2 Å². The first kappa shape index (κ1) is 10.1. The van der Waals surface area contributed by atoms with Crippen LogP contribution in [-0.2, 0) is 0 Å². The molecule has 0 heterocycles. The van der Waals surface area contributed by atoms with Gasteiger partial charge in [0.1, 0.15) is 0 Å². The van der Waals surface area contributed by atoms with Gasteiger partial charge in [0.05, 0.1) is 0 Å². The topological polar surface area (TPSA) is 0 Å². The minimum atomic E-state index is -4.02. The highest BCUT2D eigenvalue weighted by molar-refractivity contribution is 6.17. The zero-order chi connectivity index (χ0) is 8.04. The fourth-order valence-electron chi connectivity index (χ4n) is 0.487. The van der Waals surface area contributed by atoms with Crippen LogP contribution in [0.2, 0.25) is 0 Å². The van der Waals surface area contributed by atoms with Gasteiger partial charge in [-0.2, -0.15) is 13.2 Å². The standard InChI is InChI=1S/C6H9ClF3/c7-5-3-1-2-4-6(8,9)10/h1H,2-5H2. The summed E-state index contributed by atoms with van der Waals surface area (Å²) < 4.78 is 34.3. The summed E-state index contributed by atoms with van der Waals surface area (Å²) in [7, 11) is 0. The van der Waals surface area contributed by atoms with Crippen LogP contribution in [0, 0.1) is 6.42 Å². The van der Waals surface area contributed by atoms with E-state index in [1.165, 1.54) is 0 Å². The van der Waals surface area contributed by atoms with E-state index in [0.717, 1.165) is 0 Å². The zero-order valence-electron chi connectivity index (χ0n) is 5.42. The van der Waals surface area contributed by atoms with Crippen LogP contribution in [0.25, 0.3) is 0 Å². The third kappa shape index (κ3) is 8.08. The molecule has 0 saturated carbocycles. The van der Waals surface area contributed by atoms with Crippen LogP contribution >= 0.6 is 11.6 Å². The molecule has 0 aromatic heterocycles.